The fourth-order valence-corrected chi connectivity index (χ4v) is 4.44. The quantitative estimate of drug-likeness (QED) is 0.560. The molecule has 1 aromatic heterocycles. The van der Waals surface area contributed by atoms with Crippen LogP contribution in [-0.2, 0) is 4.74 Å². The minimum Gasteiger partial charge on any atom is -0.461 e. The number of H-pyrrole nitrogens is 1. The van der Waals surface area contributed by atoms with Crippen molar-refractivity contribution >= 4 is 50.5 Å². The Morgan fingerprint density at radius 3 is 2.87 bits per heavy atom. The molecule has 5 nitrogen and oxygen atoms in total. The van der Waals surface area contributed by atoms with Gasteiger partial charge in [0.15, 0.2) is 0 Å². The number of piperazine rings is 1. The van der Waals surface area contributed by atoms with E-state index in [2.05, 4.69) is 49.9 Å². The molecular weight excluding hydrogens is 478 g/mol. The number of ether oxygens (including phenoxy) is 1. The number of allylic oxidation sites excluding steroid dienone is 5. The van der Waals surface area contributed by atoms with Gasteiger partial charge in [0.25, 0.3) is 0 Å². The second-order valence-corrected chi connectivity index (χ2v) is 9.44. The van der Waals surface area contributed by atoms with E-state index in [0.717, 1.165) is 65.2 Å². The highest BCUT2D eigenvalue weighted by Gasteiger charge is 2.20. The van der Waals surface area contributed by atoms with Crippen LogP contribution in [0.3, 0.4) is 0 Å². The van der Waals surface area contributed by atoms with Gasteiger partial charge in [0.2, 0.25) is 0 Å². The highest BCUT2D eigenvalue weighted by Crippen LogP contribution is 2.28. The van der Waals surface area contributed by atoms with E-state index in [0.29, 0.717) is 12.2 Å². The molecule has 0 radical (unpaired) electrons. The lowest BCUT2D eigenvalue weighted by Gasteiger charge is -2.32. The number of aromatic nitrogens is 1. The van der Waals surface area contributed by atoms with Gasteiger partial charge < -0.3 is 14.6 Å². The first-order valence-electron chi connectivity index (χ1n) is 10.6. The number of hydrogen-bond donors (Lipinski definition) is 1. The molecule has 1 N–H and O–H groups in total. The van der Waals surface area contributed by atoms with Crippen LogP contribution in [-0.4, -0.2) is 67.1 Å². The van der Waals surface area contributed by atoms with Crippen LogP contribution in [0.15, 0.2) is 52.0 Å². The van der Waals surface area contributed by atoms with Gasteiger partial charge in [0, 0.05) is 53.1 Å². The zero-order chi connectivity index (χ0) is 21.8. The van der Waals surface area contributed by atoms with E-state index >= 15 is 0 Å². The van der Waals surface area contributed by atoms with E-state index < -0.39 is 0 Å². The van der Waals surface area contributed by atoms with Crippen molar-refractivity contribution in [3.8, 4) is 0 Å². The average molecular weight is 505 g/mol. The van der Waals surface area contributed by atoms with Gasteiger partial charge >= 0.3 is 5.97 Å². The number of rotatable bonds is 6. The van der Waals surface area contributed by atoms with Crippen molar-refractivity contribution in [3.63, 3.8) is 0 Å². The molecule has 1 atom stereocenters. The normalized spacial score (nSPS) is 20.5. The standard InChI is InChI=1S/C24H27BrClN3O2/c1-28-10-12-29(13-11-28)14-15-31-24(30)23-20-8-5-18(25)16-22(20)27-21(23)9-4-17-2-6-19(26)7-3-17/h2,4-9,16-17,27H,3,10-15H2,1H3/b9-4+. The van der Waals surface area contributed by atoms with Crippen LogP contribution >= 0.6 is 27.5 Å². The molecule has 1 saturated heterocycles. The number of nitrogens with one attached hydrogen (secondary N) is 1. The Hall–Kier alpha value is -1.86. The molecule has 1 aromatic carbocycles. The maximum atomic E-state index is 13.1. The van der Waals surface area contributed by atoms with E-state index in [-0.39, 0.29) is 11.9 Å². The SMILES string of the molecule is CN1CCN(CCOC(=O)c2c(/C=C/C3C=CC(Cl)=CC3)[nH]c3cc(Br)ccc23)CC1. The maximum Gasteiger partial charge on any atom is 0.340 e. The number of likely N-dealkylation sites (N-methyl/N-ethyl adjacent to an activating group) is 1. The van der Waals surface area contributed by atoms with Gasteiger partial charge in [-0.1, -0.05) is 51.8 Å². The largest absolute Gasteiger partial charge is 0.461 e. The van der Waals surface area contributed by atoms with Crippen molar-refractivity contribution in [2.75, 3.05) is 46.4 Å². The first-order valence-corrected chi connectivity index (χ1v) is 11.8. The monoisotopic (exact) mass is 503 g/mol. The summed E-state index contributed by atoms with van der Waals surface area (Å²) in [7, 11) is 2.13. The molecule has 31 heavy (non-hydrogen) atoms. The van der Waals surface area contributed by atoms with Crippen LogP contribution in [0, 0.1) is 5.92 Å². The van der Waals surface area contributed by atoms with Gasteiger partial charge in [-0.3, -0.25) is 4.90 Å². The van der Waals surface area contributed by atoms with Crippen molar-refractivity contribution in [2.24, 2.45) is 5.92 Å². The Bertz CT molecular complexity index is 1030. The second kappa shape index (κ2) is 10.2. The van der Waals surface area contributed by atoms with Gasteiger partial charge in [-0.15, -0.1) is 0 Å². The van der Waals surface area contributed by atoms with Crippen LogP contribution in [0.4, 0.5) is 0 Å². The summed E-state index contributed by atoms with van der Waals surface area (Å²) in [5, 5.41) is 1.64. The third kappa shape index (κ3) is 5.69. The molecule has 0 bridgehead atoms. The molecule has 1 aliphatic carbocycles. The number of hydrogen-bond acceptors (Lipinski definition) is 4. The Balaban J connectivity index is 1.49. The van der Waals surface area contributed by atoms with E-state index in [4.69, 9.17) is 16.3 Å². The number of carbonyl (C=O) groups is 1. The van der Waals surface area contributed by atoms with Crippen LogP contribution in [0.25, 0.3) is 17.0 Å². The zero-order valence-corrected chi connectivity index (χ0v) is 20.0. The minimum atomic E-state index is -0.288. The molecule has 1 unspecified atom stereocenters. The van der Waals surface area contributed by atoms with Crippen molar-refractivity contribution < 1.29 is 9.53 Å². The molecule has 4 rings (SSSR count). The predicted octanol–water partition coefficient (Wildman–Crippen LogP) is 5.05. The van der Waals surface area contributed by atoms with E-state index in [1.165, 1.54) is 0 Å². The van der Waals surface area contributed by atoms with Crippen LogP contribution in [0.1, 0.15) is 22.5 Å². The zero-order valence-electron chi connectivity index (χ0n) is 17.6. The third-order valence-electron chi connectivity index (χ3n) is 5.83. The van der Waals surface area contributed by atoms with E-state index in [1.54, 1.807) is 0 Å². The molecule has 1 fully saturated rings. The summed E-state index contributed by atoms with van der Waals surface area (Å²) >= 11 is 9.53. The number of carbonyl (C=O) groups excluding carboxylic acids is 1. The molecule has 164 valence electrons. The first kappa shape index (κ1) is 22.3. The van der Waals surface area contributed by atoms with Gasteiger partial charge in [-0.05, 0) is 43.7 Å². The molecule has 7 heteroatoms. The number of aromatic amines is 1. The molecule has 2 aliphatic rings. The summed E-state index contributed by atoms with van der Waals surface area (Å²) < 4.78 is 6.66. The molecule has 1 aliphatic heterocycles. The van der Waals surface area contributed by atoms with Crippen molar-refractivity contribution in [1.29, 1.82) is 0 Å². The molecule has 2 heterocycles. The summed E-state index contributed by atoms with van der Waals surface area (Å²) in [6, 6.07) is 5.88. The Morgan fingerprint density at radius 1 is 1.32 bits per heavy atom. The molecule has 2 aromatic rings. The van der Waals surface area contributed by atoms with E-state index in [1.807, 2.05) is 36.4 Å². The van der Waals surface area contributed by atoms with E-state index in [9.17, 15) is 4.79 Å². The molecule has 0 saturated carbocycles. The van der Waals surface area contributed by atoms with Crippen molar-refractivity contribution in [3.05, 3.63) is 63.3 Å². The maximum absolute atomic E-state index is 13.1. The molecular formula is C24H27BrClN3O2. The minimum absolute atomic E-state index is 0.252. The lowest BCUT2D eigenvalue weighted by molar-refractivity contribution is 0.0434. The highest BCUT2D eigenvalue weighted by molar-refractivity contribution is 9.10. The first-order chi connectivity index (χ1) is 15.0. The fraction of sp³-hybridized carbons (Fsp3) is 0.375. The van der Waals surface area contributed by atoms with Crippen LogP contribution in [0.2, 0.25) is 0 Å². The lowest BCUT2D eigenvalue weighted by Crippen LogP contribution is -2.45. The van der Waals surface area contributed by atoms with Gasteiger partial charge in [0.05, 0.1) is 11.3 Å². The average Bonchev–Trinajstić information content (AvgIpc) is 3.12. The summed E-state index contributed by atoms with van der Waals surface area (Å²) in [5.41, 5.74) is 2.26. The summed E-state index contributed by atoms with van der Waals surface area (Å²) in [5.74, 6) is -0.0359. The topological polar surface area (TPSA) is 48.6 Å². The summed E-state index contributed by atoms with van der Waals surface area (Å²) in [6.45, 7) is 5.28. The van der Waals surface area contributed by atoms with Crippen LogP contribution in [0.5, 0.6) is 0 Å². The number of nitrogens with zero attached hydrogens (tertiary/aromatic N) is 2. The van der Waals surface area contributed by atoms with Crippen molar-refractivity contribution in [2.45, 2.75) is 6.42 Å². The Morgan fingerprint density at radius 2 is 2.13 bits per heavy atom. The molecule has 0 spiro atoms. The second-order valence-electron chi connectivity index (χ2n) is 8.09. The Labute approximate surface area is 196 Å². The summed E-state index contributed by atoms with van der Waals surface area (Å²) in [6.07, 6.45) is 10.9. The number of halogens is 2. The third-order valence-corrected chi connectivity index (χ3v) is 6.60. The number of benzene rings is 1. The van der Waals surface area contributed by atoms with Crippen molar-refractivity contribution in [1.82, 2.24) is 14.8 Å². The lowest BCUT2D eigenvalue weighted by atomic mass is 9.99. The van der Waals surface area contributed by atoms with Crippen LogP contribution < -0.4 is 0 Å². The van der Waals surface area contributed by atoms with Gasteiger partial charge in [-0.25, -0.2) is 4.79 Å². The summed E-state index contributed by atoms with van der Waals surface area (Å²) in [4.78, 5) is 21.1. The smallest absolute Gasteiger partial charge is 0.340 e. The van der Waals surface area contributed by atoms with Gasteiger partial charge in [0.1, 0.15) is 6.61 Å². The fourth-order valence-electron chi connectivity index (χ4n) is 3.92. The Kier molecular flexibility index (Phi) is 7.33. The van der Waals surface area contributed by atoms with Gasteiger partial charge in [-0.2, -0.15) is 0 Å². The highest BCUT2D eigenvalue weighted by atomic mass is 79.9. The predicted molar refractivity (Wildman–Crippen MR) is 130 cm³/mol. The molecule has 0 amide bonds. The number of fused-ring (bicyclic) bond motifs is 1. The number of esters is 1.